The molecule has 5 rings (SSSR count). The van der Waals surface area contributed by atoms with Gasteiger partial charge in [0, 0.05) is 35.6 Å². The van der Waals surface area contributed by atoms with Gasteiger partial charge in [-0.1, -0.05) is 6.07 Å². The number of nitrogens with zero attached hydrogens (tertiary/aromatic N) is 1. The molecule has 0 aliphatic rings. The van der Waals surface area contributed by atoms with Crippen molar-refractivity contribution in [3.63, 3.8) is 0 Å². The third-order valence-electron chi connectivity index (χ3n) is 5.03. The number of carbonyl (C=O) groups excluding carboxylic acids is 1. The molecular weight excluding hydrogens is 380 g/mol. The fourth-order valence-electron chi connectivity index (χ4n) is 3.60. The molecule has 2 aromatic carbocycles. The maximum absolute atomic E-state index is 12.1. The Balaban J connectivity index is 1.52. The number of carbonyl (C=O) groups is 1. The van der Waals surface area contributed by atoms with Crippen LogP contribution in [0, 0.1) is 6.92 Å². The number of fused-ring (bicyclic) bond motifs is 2. The van der Waals surface area contributed by atoms with E-state index in [-0.39, 0.29) is 5.91 Å². The number of rotatable bonds is 4. The Kier molecular flexibility index (Phi) is 4.25. The van der Waals surface area contributed by atoms with Crippen LogP contribution in [-0.2, 0) is 0 Å². The lowest BCUT2D eigenvalue weighted by atomic mass is 10.1. The molecule has 0 unspecified atom stereocenters. The minimum Gasteiger partial charge on any atom is -0.464 e. The van der Waals surface area contributed by atoms with Crippen LogP contribution in [0.5, 0.6) is 11.5 Å². The summed E-state index contributed by atoms with van der Waals surface area (Å²) >= 11 is 0. The van der Waals surface area contributed by atoms with E-state index in [0.717, 1.165) is 27.6 Å². The summed E-state index contributed by atoms with van der Waals surface area (Å²) in [4.78, 5) is 16.6. The molecule has 0 aliphatic carbocycles. The third kappa shape index (κ3) is 2.99. The van der Waals surface area contributed by atoms with E-state index in [1.807, 2.05) is 48.5 Å². The molecule has 0 saturated heterocycles. The van der Waals surface area contributed by atoms with Crippen LogP contribution in [0.15, 0.2) is 75.9 Å². The second-order valence-corrected chi connectivity index (χ2v) is 6.89. The summed E-state index contributed by atoms with van der Waals surface area (Å²) in [7, 11) is 1.60. The van der Waals surface area contributed by atoms with Crippen molar-refractivity contribution < 1.29 is 18.4 Å². The minimum absolute atomic E-state index is 0.174. The van der Waals surface area contributed by atoms with E-state index in [4.69, 9.17) is 13.6 Å². The SMILES string of the molecule is CNC(=O)c1c(C)oc2cc(Oc3ccnc4cc(-c5ccco5)ccc34)ccc12. The summed E-state index contributed by atoms with van der Waals surface area (Å²) in [5.41, 5.74) is 2.89. The summed E-state index contributed by atoms with van der Waals surface area (Å²) in [5.74, 6) is 2.48. The molecule has 1 N–H and O–H groups in total. The predicted octanol–water partition coefficient (Wildman–Crippen LogP) is 5.70. The quantitative estimate of drug-likeness (QED) is 0.420. The molecule has 0 aliphatic heterocycles. The van der Waals surface area contributed by atoms with E-state index in [1.54, 1.807) is 32.5 Å². The van der Waals surface area contributed by atoms with Crippen LogP contribution in [0.25, 0.3) is 33.2 Å². The Hall–Kier alpha value is -4.06. The first-order valence-electron chi connectivity index (χ1n) is 9.50. The standard InChI is InChI=1S/C24H18N2O4/c1-14-23(24(27)25-2)18-8-6-16(13-22(18)29-14)30-21-9-10-26-19-12-15(5-7-17(19)21)20-4-3-11-28-20/h3-13H,1-2H3,(H,25,27). The molecule has 1 amide bonds. The molecule has 0 saturated carbocycles. The van der Waals surface area contributed by atoms with Crippen molar-refractivity contribution >= 4 is 27.8 Å². The zero-order valence-electron chi connectivity index (χ0n) is 16.4. The molecule has 0 atom stereocenters. The van der Waals surface area contributed by atoms with Gasteiger partial charge in [0.25, 0.3) is 5.91 Å². The van der Waals surface area contributed by atoms with Crippen molar-refractivity contribution in [2.45, 2.75) is 6.92 Å². The van der Waals surface area contributed by atoms with Crippen LogP contribution in [0.4, 0.5) is 0 Å². The minimum atomic E-state index is -0.174. The van der Waals surface area contributed by atoms with Crippen molar-refractivity contribution in [3.05, 3.63) is 78.4 Å². The Morgan fingerprint density at radius 2 is 1.93 bits per heavy atom. The third-order valence-corrected chi connectivity index (χ3v) is 5.03. The Morgan fingerprint density at radius 3 is 2.73 bits per heavy atom. The largest absolute Gasteiger partial charge is 0.464 e. The number of aromatic nitrogens is 1. The van der Waals surface area contributed by atoms with Gasteiger partial charge in [-0.3, -0.25) is 9.78 Å². The molecule has 0 fully saturated rings. The van der Waals surface area contributed by atoms with Crippen LogP contribution < -0.4 is 10.1 Å². The molecule has 148 valence electrons. The van der Waals surface area contributed by atoms with Crippen molar-refractivity contribution in [2.24, 2.45) is 0 Å². The lowest BCUT2D eigenvalue weighted by Crippen LogP contribution is -2.18. The summed E-state index contributed by atoms with van der Waals surface area (Å²) in [6, 6.07) is 17.0. The number of pyridine rings is 1. The van der Waals surface area contributed by atoms with Gasteiger partial charge in [0.05, 0.1) is 17.3 Å². The maximum Gasteiger partial charge on any atom is 0.255 e. The van der Waals surface area contributed by atoms with Gasteiger partial charge in [-0.05, 0) is 49.4 Å². The highest BCUT2D eigenvalue weighted by Crippen LogP contribution is 2.34. The molecule has 0 spiro atoms. The number of hydrogen-bond acceptors (Lipinski definition) is 5. The molecule has 6 heteroatoms. The van der Waals surface area contributed by atoms with Gasteiger partial charge in [-0.25, -0.2) is 0 Å². The van der Waals surface area contributed by atoms with E-state index in [1.165, 1.54) is 0 Å². The summed E-state index contributed by atoms with van der Waals surface area (Å²) in [6.07, 6.45) is 3.36. The van der Waals surface area contributed by atoms with Crippen molar-refractivity contribution in [1.82, 2.24) is 10.3 Å². The van der Waals surface area contributed by atoms with Crippen LogP contribution >= 0.6 is 0 Å². The van der Waals surface area contributed by atoms with Crippen molar-refractivity contribution in [3.8, 4) is 22.8 Å². The van der Waals surface area contributed by atoms with E-state index >= 15 is 0 Å². The number of aryl methyl sites for hydroxylation is 1. The van der Waals surface area contributed by atoms with E-state index < -0.39 is 0 Å². The zero-order chi connectivity index (χ0) is 20.7. The maximum atomic E-state index is 12.1. The van der Waals surface area contributed by atoms with Crippen molar-refractivity contribution in [2.75, 3.05) is 7.05 Å². The highest BCUT2D eigenvalue weighted by atomic mass is 16.5. The van der Waals surface area contributed by atoms with Gasteiger partial charge in [0.15, 0.2) is 0 Å². The molecule has 3 heterocycles. The molecule has 0 bridgehead atoms. The smallest absolute Gasteiger partial charge is 0.255 e. The fourth-order valence-corrected chi connectivity index (χ4v) is 3.60. The lowest BCUT2D eigenvalue weighted by molar-refractivity contribution is 0.0963. The van der Waals surface area contributed by atoms with Crippen molar-refractivity contribution in [1.29, 1.82) is 0 Å². The van der Waals surface area contributed by atoms with Gasteiger partial charge < -0.3 is 18.9 Å². The van der Waals surface area contributed by atoms with Gasteiger partial charge in [-0.2, -0.15) is 0 Å². The molecule has 3 aromatic heterocycles. The number of benzene rings is 2. The van der Waals surface area contributed by atoms with Gasteiger partial charge in [0.1, 0.15) is 28.6 Å². The number of ether oxygens (including phenoxy) is 1. The molecular formula is C24H18N2O4. The van der Waals surface area contributed by atoms with Crippen LogP contribution in [-0.4, -0.2) is 17.9 Å². The molecule has 6 nitrogen and oxygen atoms in total. The first-order chi connectivity index (χ1) is 14.6. The van der Waals surface area contributed by atoms with E-state index in [2.05, 4.69) is 10.3 Å². The molecule has 30 heavy (non-hydrogen) atoms. The first kappa shape index (κ1) is 18.0. The first-order valence-corrected chi connectivity index (χ1v) is 9.50. The summed E-state index contributed by atoms with van der Waals surface area (Å²) < 4.78 is 17.4. The highest BCUT2D eigenvalue weighted by molar-refractivity contribution is 6.07. The van der Waals surface area contributed by atoms with Crippen LogP contribution in [0.1, 0.15) is 16.1 Å². The average Bonchev–Trinajstić information content (AvgIpc) is 3.40. The average molecular weight is 398 g/mol. The molecule has 0 radical (unpaired) electrons. The van der Waals surface area contributed by atoms with Gasteiger partial charge in [-0.15, -0.1) is 0 Å². The van der Waals surface area contributed by atoms with Gasteiger partial charge in [0.2, 0.25) is 0 Å². The Morgan fingerprint density at radius 1 is 1.07 bits per heavy atom. The normalized spacial score (nSPS) is 11.1. The monoisotopic (exact) mass is 398 g/mol. The topological polar surface area (TPSA) is 77.5 Å². The summed E-state index contributed by atoms with van der Waals surface area (Å²) in [5, 5.41) is 4.28. The number of furan rings is 2. The van der Waals surface area contributed by atoms with E-state index in [9.17, 15) is 4.79 Å². The van der Waals surface area contributed by atoms with E-state index in [0.29, 0.717) is 28.4 Å². The predicted molar refractivity (Wildman–Crippen MR) is 114 cm³/mol. The lowest BCUT2D eigenvalue weighted by Gasteiger charge is -2.09. The number of hydrogen-bond donors (Lipinski definition) is 1. The number of nitrogens with one attached hydrogen (secondary N) is 1. The van der Waals surface area contributed by atoms with Crippen LogP contribution in [0.2, 0.25) is 0 Å². The second kappa shape index (κ2) is 7.08. The summed E-state index contributed by atoms with van der Waals surface area (Å²) in [6.45, 7) is 1.78. The fraction of sp³-hybridized carbons (Fsp3) is 0.0833. The zero-order valence-corrected chi connectivity index (χ0v) is 16.4. The molecule has 5 aromatic rings. The highest BCUT2D eigenvalue weighted by Gasteiger charge is 2.18. The van der Waals surface area contributed by atoms with Gasteiger partial charge >= 0.3 is 0 Å². The Labute approximate surface area is 172 Å². The second-order valence-electron chi connectivity index (χ2n) is 6.89. The Bertz CT molecular complexity index is 1380. The number of amides is 1. The van der Waals surface area contributed by atoms with Crippen LogP contribution in [0.3, 0.4) is 0 Å².